The Labute approximate surface area is 133 Å². The Morgan fingerprint density at radius 1 is 1.00 bits per heavy atom. The van der Waals surface area contributed by atoms with E-state index < -0.39 is 0 Å². The quantitative estimate of drug-likeness (QED) is 0.369. The van der Waals surface area contributed by atoms with Crippen LogP contribution in [0, 0.1) is 0 Å². The number of halogens is 1. The predicted octanol–water partition coefficient (Wildman–Crippen LogP) is 4.33. The third-order valence-corrected chi connectivity index (χ3v) is 4.17. The van der Waals surface area contributed by atoms with Gasteiger partial charge in [-0.1, -0.05) is 15.9 Å². The van der Waals surface area contributed by atoms with Gasteiger partial charge < -0.3 is 20.2 Å². The van der Waals surface area contributed by atoms with Crippen LogP contribution in [-0.2, 0) is 0 Å². The summed E-state index contributed by atoms with van der Waals surface area (Å²) in [5, 5.41) is 20.7. The molecule has 3 heterocycles. The summed E-state index contributed by atoms with van der Waals surface area (Å²) >= 11 is 3.48. The van der Waals surface area contributed by atoms with Gasteiger partial charge in [-0.3, -0.25) is 4.98 Å². The topological polar surface area (TPSA) is 87.8 Å². The van der Waals surface area contributed by atoms with Crippen LogP contribution in [0.2, 0.25) is 0 Å². The van der Waals surface area contributed by atoms with Crippen molar-refractivity contribution in [2.45, 2.75) is 0 Å². The summed E-state index contributed by atoms with van der Waals surface area (Å²) in [5.74, 6) is -0.138. The van der Waals surface area contributed by atoms with Gasteiger partial charge in [0, 0.05) is 38.8 Å². The van der Waals surface area contributed by atoms with Crippen molar-refractivity contribution in [2.24, 2.45) is 0 Å². The van der Waals surface area contributed by atoms with Crippen LogP contribution in [0.15, 0.2) is 47.1 Å². The van der Waals surface area contributed by atoms with Gasteiger partial charge in [-0.25, -0.2) is 0 Å². The fraction of sp³-hybridized carbons (Fsp3) is 0. The highest BCUT2D eigenvalue weighted by Gasteiger charge is 2.20. The van der Waals surface area contributed by atoms with Gasteiger partial charge in [0.05, 0.1) is 11.4 Å². The van der Waals surface area contributed by atoms with E-state index >= 15 is 0 Å². The molecule has 0 saturated carbocycles. The molecule has 0 saturated heterocycles. The number of hydrogen-bond donors (Lipinski definition) is 5. The first-order valence-corrected chi connectivity index (χ1v) is 7.49. The van der Waals surface area contributed by atoms with E-state index in [9.17, 15) is 10.2 Å². The zero-order valence-corrected chi connectivity index (χ0v) is 12.9. The molecular weight excluding hydrogens is 346 g/mol. The van der Waals surface area contributed by atoms with E-state index in [0.717, 1.165) is 32.3 Å². The molecule has 6 heteroatoms. The lowest BCUT2D eigenvalue weighted by atomic mass is 10.0. The van der Waals surface area contributed by atoms with Gasteiger partial charge in [-0.05, 0) is 30.3 Å². The van der Waals surface area contributed by atoms with Gasteiger partial charge >= 0.3 is 0 Å². The molecule has 0 amide bonds. The molecule has 0 spiro atoms. The molecule has 3 aromatic heterocycles. The third kappa shape index (κ3) is 1.92. The van der Waals surface area contributed by atoms with Crippen LogP contribution >= 0.6 is 15.9 Å². The number of fused-ring (bicyclic) bond motifs is 1. The summed E-state index contributed by atoms with van der Waals surface area (Å²) < 4.78 is 0.942. The Kier molecular flexibility index (Phi) is 2.80. The fourth-order valence-corrected chi connectivity index (χ4v) is 3.11. The number of hydrogen-bond acceptors (Lipinski definition) is 2. The molecule has 1 aromatic carbocycles. The van der Waals surface area contributed by atoms with Crippen LogP contribution in [0.5, 0.6) is 11.8 Å². The minimum Gasteiger partial charge on any atom is -0.494 e. The van der Waals surface area contributed by atoms with Crippen molar-refractivity contribution in [3.63, 3.8) is 0 Å². The molecule has 0 radical (unpaired) electrons. The Morgan fingerprint density at radius 3 is 2.55 bits per heavy atom. The molecule has 5 nitrogen and oxygen atoms in total. The predicted molar refractivity (Wildman–Crippen MR) is 88.9 cm³/mol. The highest BCUT2D eigenvalue weighted by molar-refractivity contribution is 9.10. The summed E-state index contributed by atoms with van der Waals surface area (Å²) in [7, 11) is 0. The van der Waals surface area contributed by atoms with E-state index in [1.54, 1.807) is 0 Å². The Morgan fingerprint density at radius 2 is 1.86 bits per heavy atom. The maximum absolute atomic E-state index is 10.1. The summed E-state index contributed by atoms with van der Waals surface area (Å²) in [6.45, 7) is 0. The lowest BCUT2D eigenvalue weighted by Gasteiger charge is -2.02. The molecular formula is C16H12BrN3O2. The lowest BCUT2D eigenvalue weighted by molar-refractivity contribution is 0.426. The van der Waals surface area contributed by atoms with Crippen LogP contribution in [0.25, 0.3) is 33.4 Å². The van der Waals surface area contributed by atoms with Crippen molar-refractivity contribution in [3.8, 4) is 34.3 Å². The zero-order valence-electron chi connectivity index (χ0n) is 11.3. The van der Waals surface area contributed by atoms with Gasteiger partial charge in [-0.15, -0.1) is 0 Å². The minimum atomic E-state index is -0.0747. The number of H-pyrrole nitrogens is 3. The molecule has 0 unspecified atom stereocenters. The van der Waals surface area contributed by atoms with Gasteiger partial charge in [-0.2, -0.15) is 0 Å². The standard InChI is InChI=1S/C16H12BrN3O2/c17-8-3-4-11-9(6-8)14(10-7-13(21)20-16(10)22)15(19-11)12-2-1-5-18-12/h1-7,18-22H. The van der Waals surface area contributed by atoms with Gasteiger partial charge in [0.25, 0.3) is 0 Å². The van der Waals surface area contributed by atoms with E-state index in [1.165, 1.54) is 6.07 Å². The number of aromatic hydroxyl groups is 2. The van der Waals surface area contributed by atoms with Gasteiger partial charge in [0.2, 0.25) is 0 Å². The molecule has 5 N–H and O–H groups in total. The number of benzene rings is 1. The second kappa shape index (κ2) is 4.71. The molecule has 110 valence electrons. The minimum absolute atomic E-state index is 0.0637. The fourth-order valence-electron chi connectivity index (χ4n) is 2.75. The van der Waals surface area contributed by atoms with Crippen LogP contribution in [0.1, 0.15) is 0 Å². The summed E-state index contributed by atoms with van der Waals surface area (Å²) in [6.07, 6.45) is 1.84. The number of rotatable bonds is 2. The summed E-state index contributed by atoms with van der Waals surface area (Å²) in [6, 6.07) is 11.3. The normalized spacial score (nSPS) is 11.3. The highest BCUT2D eigenvalue weighted by Crippen LogP contribution is 2.43. The molecule has 0 aliphatic heterocycles. The van der Waals surface area contributed by atoms with E-state index in [4.69, 9.17) is 0 Å². The number of aromatic nitrogens is 3. The first-order valence-electron chi connectivity index (χ1n) is 6.70. The average molecular weight is 358 g/mol. The Bertz CT molecular complexity index is 967. The summed E-state index contributed by atoms with van der Waals surface area (Å²) in [4.78, 5) is 9.06. The molecule has 4 rings (SSSR count). The first-order chi connectivity index (χ1) is 10.6. The molecule has 0 fully saturated rings. The molecule has 0 aliphatic carbocycles. The van der Waals surface area contributed by atoms with Gasteiger partial charge in [0.1, 0.15) is 0 Å². The van der Waals surface area contributed by atoms with E-state index in [0.29, 0.717) is 5.56 Å². The second-order valence-corrected chi connectivity index (χ2v) is 5.98. The van der Waals surface area contributed by atoms with Crippen molar-refractivity contribution >= 4 is 26.8 Å². The van der Waals surface area contributed by atoms with E-state index in [1.807, 2.05) is 36.5 Å². The second-order valence-electron chi connectivity index (χ2n) is 5.07. The molecule has 0 aliphatic rings. The van der Waals surface area contributed by atoms with Crippen molar-refractivity contribution < 1.29 is 10.2 Å². The third-order valence-electron chi connectivity index (χ3n) is 3.68. The smallest absolute Gasteiger partial charge is 0.199 e. The van der Waals surface area contributed by atoms with E-state index in [2.05, 4.69) is 30.9 Å². The maximum atomic E-state index is 10.1. The van der Waals surface area contributed by atoms with Crippen molar-refractivity contribution in [2.75, 3.05) is 0 Å². The van der Waals surface area contributed by atoms with E-state index in [-0.39, 0.29) is 11.8 Å². The maximum Gasteiger partial charge on any atom is 0.199 e. The van der Waals surface area contributed by atoms with Crippen molar-refractivity contribution in [1.82, 2.24) is 15.0 Å². The highest BCUT2D eigenvalue weighted by atomic mass is 79.9. The monoisotopic (exact) mass is 357 g/mol. The lowest BCUT2D eigenvalue weighted by Crippen LogP contribution is -1.81. The van der Waals surface area contributed by atoms with Crippen LogP contribution in [0.4, 0.5) is 0 Å². The van der Waals surface area contributed by atoms with Crippen LogP contribution in [-0.4, -0.2) is 25.2 Å². The number of nitrogens with one attached hydrogen (secondary N) is 3. The van der Waals surface area contributed by atoms with Gasteiger partial charge in [0.15, 0.2) is 11.8 Å². The Balaban J connectivity index is 2.11. The molecule has 0 bridgehead atoms. The number of aromatic amines is 3. The zero-order chi connectivity index (χ0) is 15.3. The van der Waals surface area contributed by atoms with Crippen LogP contribution < -0.4 is 0 Å². The molecule has 0 atom stereocenters. The average Bonchev–Trinajstić information content (AvgIpc) is 3.17. The molecule has 4 aromatic rings. The van der Waals surface area contributed by atoms with Crippen molar-refractivity contribution in [3.05, 3.63) is 47.1 Å². The van der Waals surface area contributed by atoms with Crippen molar-refractivity contribution in [1.29, 1.82) is 0 Å². The Hall–Kier alpha value is -2.60. The first kappa shape index (κ1) is 13.1. The SMILES string of the molecule is Oc1cc(-c2c(-c3ccc[nH]3)[nH]c3ccc(Br)cc23)c(O)[nH]1. The van der Waals surface area contributed by atoms with Crippen LogP contribution in [0.3, 0.4) is 0 Å². The molecule has 22 heavy (non-hydrogen) atoms. The summed E-state index contributed by atoms with van der Waals surface area (Å²) in [5.41, 5.74) is 4.08. The largest absolute Gasteiger partial charge is 0.494 e.